The van der Waals surface area contributed by atoms with Gasteiger partial charge >= 0.3 is 0 Å². The lowest BCUT2D eigenvalue weighted by atomic mass is 10.0. The molecule has 0 heterocycles. The fraction of sp³-hybridized carbons (Fsp3) is 0.885. The molecule has 0 fully saturated rings. The maximum atomic E-state index is 13.1. The van der Waals surface area contributed by atoms with Gasteiger partial charge in [-0.05, 0) is 70.6 Å². The largest absolute Gasteiger partial charge is 0.756 e. The first-order valence-corrected chi connectivity index (χ1v) is 40.0. The molecule has 514 valence electrons. The molecule has 0 rings (SSSR count). The number of nitrogens with zero attached hydrogens (tertiary/aromatic N) is 1. The quantitative estimate of drug-likeness (QED) is 0.0272. The Morgan fingerprint density at radius 2 is 0.644 bits per heavy atom. The monoisotopic (exact) mass is 1240 g/mol. The number of nitrogens with one attached hydrogen (secondary N) is 1. The van der Waals surface area contributed by atoms with E-state index in [1.54, 1.807) is 6.08 Å². The molecule has 0 aromatic carbocycles. The third kappa shape index (κ3) is 71.8. The predicted octanol–water partition coefficient (Wildman–Crippen LogP) is 24.3. The second-order valence-electron chi connectivity index (χ2n) is 27.7. The van der Waals surface area contributed by atoms with Crippen LogP contribution in [0.2, 0.25) is 0 Å². The molecule has 0 spiro atoms. The van der Waals surface area contributed by atoms with E-state index in [4.69, 9.17) is 9.05 Å². The summed E-state index contributed by atoms with van der Waals surface area (Å²) in [5.74, 6) is -0.204. The second kappa shape index (κ2) is 68.8. The number of hydrogen-bond donors (Lipinski definition) is 2. The van der Waals surface area contributed by atoms with E-state index in [0.717, 1.165) is 44.9 Å². The third-order valence-electron chi connectivity index (χ3n) is 17.7. The van der Waals surface area contributed by atoms with E-state index in [0.29, 0.717) is 17.4 Å². The van der Waals surface area contributed by atoms with Crippen molar-refractivity contribution in [2.75, 3.05) is 40.9 Å². The number of likely N-dealkylation sites (N-methyl/N-ethyl adjacent to an activating group) is 1. The first-order chi connectivity index (χ1) is 42.5. The number of phosphoric ester groups is 1. The minimum absolute atomic E-state index is 0.00780. The summed E-state index contributed by atoms with van der Waals surface area (Å²) in [4.78, 5) is 25.7. The van der Waals surface area contributed by atoms with E-state index in [9.17, 15) is 19.4 Å². The molecule has 87 heavy (non-hydrogen) atoms. The summed E-state index contributed by atoms with van der Waals surface area (Å²) >= 11 is 0. The van der Waals surface area contributed by atoms with Gasteiger partial charge in [0.25, 0.3) is 7.82 Å². The number of allylic oxidation sites excluding steroid dienone is 7. The Labute approximate surface area is 543 Å². The number of aliphatic hydroxyl groups excluding tert-OH is 1. The average Bonchev–Trinajstić information content (AvgIpc) is 3.70. The summed E-state index contributed by atoms with van der Waals surface area (Å²) in [7, 11) is 1.25. The number of rotatable bonds is 72. The van der Waals surface area contributed by atoms with Gasteiger partial charge in [0.05, 0.1) is 39.9 Å². The van der Waals surface area contributed by atoms with E-state index in [1.807, 2.05) is 27.2 Å². The third-order valence-corrected chi connectivity index (χ3v) is 18.7. The van der Waals surface area contributed by atoms with Crippen LogP contribution in [-0.2, 0) is 18.4 Å². The van der Waals surface area contributed by atoms with Crippen LogP contribution in [-0.4, -0.2) is 68.5 Å². The first-order valence-electron chi connectivity index (χ1n) is 38.5. The van der Waals surface area contributed by atoms with Crippen molar-refractivity contribution in [2.45, 2.75) is 405 Å². The summed E-state index contributed by atoms with van der Waals surface area (Å²) in [6.07, 6.45) is 94.2. The molecule has 0 aromatic rings. The fourth-order valence-electron chi connectivity index (χ4n) is 11.8. The molecule has 3 atom stereocenters. The summed E-state index contributed by atoms with van der Waals surface area (Å²) in [6, 6.07) is -0.911. The molecule has 0 bridgehead atoms. The highest BCUT2D eigenvalue weighted by molar-refractivity contribution is 7.45. The number of hydrogen-bond acceptors (Lipinski definition) is 6. The molecule has 0 aromatic heterocycles. The molecule has 0 radical (unpaired) electrons. The van der Waals surface area contributed by atoms with Gasteiger partial charge in [0, 0.05) is 6.42 Å². The molecule has 0 saturated heterocycles. The standard InChI is InChI=1S/C78H151N2O6P/c1-6-8-10-12-14-16-18-20-22-24-26-28-30-32-34-36-38-39-40-41-42-44-46-48-50-52-54-56-58-60-62-64-66-68-70-72-78(82)79-76(75-86-87(83,84)85-74-73-80(3,4)5)77(81)71-69-67-65-63-61-59-57-55-53-51-49-47-45-43-37-35-33-31-29-27-25-23-21-19-17-15-13-11-9-7-2/h24,26,53,55,61,63,69,71,76-77,81H,6-23,25,27-52,54,56-60,62,64-68,70,72-75H2,1-5H3,(H-,79,82,83,84)/b26-24-,55-53+,63-61+,71-69+. The lowest BCUT2D eigenvalue weighted by Crippen LogP contribution is -2.45. The zero-order valence-corrected chi connectivity index (χ0v) is 59.9. The molecule has 1 amide bonds. The Morgan fingerprint density at radius 3 is 0.931 bits per heavy atom. The van der Waals surface area contributed by atoms with Crippen molar-refractivity contribution >= 4 is 13.7 Å². The summed E-state index contributed by atoms with van der Waals surface area (Å²) in [5, 5.41) is 14.0. The van der Waals surface area contributed by atoms with Gasteiger partial charge in [-0.15, -0.1) is 0 Å². The maximum absolute atomic E-state index is 13.1. The Hall–Kier alpha value is -1.54. The molecule has 3 unspecified atom stereocenters. The summed E-state index contributed by atoms with van der Waals surface area (Å²) < 4.78 is 23.5. The fourth-order valence-corrected chi connectivity index (χ4v) is 12.5. The van der Waals surface area contributed by atoms with Crippen molar-refractivity contribution in [1.82, 2.24) is 5.32 Å². The number of aliphatic hydroxyl groups is 1. The molecule has 2 N–H and O–H groups in total. The van der Waals surface area contributed by atoms with E-state index in [-0.39, 0.29) is 12.5 Å². The predicted molar refractivity (Wildman–Crippen MR) is 381 cm³/mol. The molecule has 9 heteroatoms. The molecule has 0 saturated carbocycles. The van der Waals surface area contributed by atoms with Crippen LogP contribution in [0.1, 0.15) is 393 Å². The van der Waals surface area contributed by atoms with Crippen LogP contribution in [0.15, 0.2) is 48.6 Å². The first kappa shape index (κ1) is 85.5. The van der Waals surface area contributed by atoms with Crippen LogP contribution in [0.25, 0.3) is 0 Å². The van der Waals surface area contributed by atoms with Gasteiger partial charge in [-0.1, -0.05) is 364 Å². The number of phosphoric acid groups is 1. The van der Waals surface area contributed by atoms with Gasteiger partial charge in [-0.25, -0.2) is 0 Å². The molecular weight excluding hydrogens is 1090 g/mol. The Bertz CT molecular complexity index is 1560. The van der Waals surface area contributed by atoms with Crippen LogP contribution in [0.4, 0.5) is 0 Å². The normalized spacial score (nSPS) is 13.8. The average molecular weight is 1240 g/mol. The van der Waals surface area contributed by atoms with Crippen molar-refractivity contribution in [1.29, 1.82) is 0 Å². The lowest BCUT2D eigenvalue weighted by molar-refractivity contribution is -0.870. The second-order valence-corrected chi connectivity index (χ2v) is 29.1. The van der Waals surface area contributed by atoms with Gasteiger partial charge in [0.2, 0.25) is 5.91 Å². The minimum Gasteiger partial charge on any atom is -0.756 e. The SMILES string of the molecule is CCCCCCCCCC/C=C\CCCCCCCCCCCCCCCCCCCCCCCCCC(=O)NC(COP(=O)([O-])OCC[N+](C)(C)C)C(O)/C=C/CC/C=C/CC/C=C/CCCCCCCCCCCCCCCCCCCCCC. The number of carbonyl (C=O) groups is 1. The maximum Gasteiger partial charge on any atom is 0.268 e. The number of unbranched alkanes of at least 4 members (excludes halogenated alkanes) is 53. The molecule has 0 aliphatic rings. The highest BCUT2D eigenvalue weighted by Gasteiger charge is 2.23. The van der Waals surface area contributed by atoms with Crippen molar-refractivity contribution in [3.05, 3.63) is 48.6 Å². The summed E-state index contributed by atoms with van der Waals surface area (Å²) in [5.41, 5.74) is 0. The Kier molecular flexibility index (Phi) is 67.6. The number of amides is 1. The van der Waals surface area contributed by atoms with Gasteiger partial charge in [-0.3, -0.25) is 9.36 Å². The highest BCUT2D eigenvalue weighted by atomic mass is 31.2. The smallest absolute Gasteiger partial charge is 0.268 e. The molecule has 8 nitrogen and oxygen atoms in total. The van der Waals surface area contributed by atoms with Crippen molar-refractivity contribution in [3.8, 4) is 0 Å². The number of quaternary nitrogens is 1. The van der Waals surface area contributed by atoms with E-state index in [1.165, 1.54) is 327 Å². The van der Waals surface area contributed by atoms with Crippen LogP contribution in [0, 0.1) is 0 Å². The van der Waals surface area contributed by atoms with Gasteiger partial charge in [-0.2, -0.15) is 0 Å². The van der Waals surface area contributed by atoms with Crippen molar-refractivity contribution in [3.63, 3.8) is 0 Å². The molecule has 0 aliphatic heterocycles. The number of carbonyl (C=O) groups excluding carboxylic acids is 1. The summed E-state index contributed by atoms with van der Waals surface area (Å²) in [6.45, 7) is 4.68. The Balaban J connectivity index is 4.03. The Morgan fingerprint density at radius 1 is 0.391 bits per heavy atom. The van der Waals surface area contributed by atoms with Crippen LogP contribution in [0.5, 0.6) is 0 Å². The van der Waals surface area contributed by atoms with Gasteiger partial charge in [0.1, 0.15) is 13.2 Å². The topological polar surface area (TPSA) is 108 Å². The van der Waals surface area contributed by atoms with Gasteiger partial charge in [0.15, 0.2) is 0 Å². The lowest BCUT2D eigenvalue weighted by Gasteiger charge is -2.29. The molecular formula is C78H151N2O6P. The zero-order chi connectivity index (χ0) is 63.4. The van der Waals surface area contributed by atoms with E-state index >= 15 is 0 Å². The van der Waals surface area contributed by atoms with Crippen LogP contribution in [0.3, 0.4) is 0 Å². The van der Waals surface area contributed by atoms with Crippen molar-refractivity contribution < 1.29 is 32.9 Å². The van der Waals surface area contributed by atoms with Crippen molar-refractivity contribution in [2.24, 2.45) is 0 Å². The van der Waals surface area contributed by atoms with Gasteiger partial charge < -0.3 is 28.8 Å². The van der Waals surface area contributed by atoms with E-state index in [2.05, 4.69) is 55.6 Å². The van der Waals surface area contributed by atoms with E-state index < -0.39 is 26.6 Å². The van der Waals surface area contributed by atoms with Crippen LogP contribution >= 0.6 is 7.82 Å². The molecule has 0 aliphatic carbocycles. The zero-order valence-electron chi connectivity index (χ0n) is 59.0. The highest BCUT2D eigenvalue weighted by Crippen LogP contribution is 2.38. The minimum atomic E-state index is -4.62. The van der Waals surface area contributed by atoms with Crippen LogP contribution < -0.4 is 10.2 Å².